The minimum absolute atomic E-state index is 0.303. The lowest BCUT2D eigenvalue weighted by Crippen LogP contribution is -2.54. The smallest absolute Gasteiger partial charge is 0.115 e. The van der Waals surface area contributed by atoms with Crippen molar-refractivity contribution in [2.75, 3.05) is 0 Å². The van der Waals surface area contributed by atoms with Crippen LogP contribution in [0.4, 0.5) is 0 Å². The molecule has 18 heavy (non-hydrogen) atoms. The second kappa shape index (κ2) is 4.86. The third-order valence-electron chi connectivity index (χ3n) is 3.72. The molecule has 94 valence electrons. The predicted molar refractivity (Wildman–Crippen MR) is 77.6 cm³/mol. The van der Waals surface area contributed by atoms with Gasteiger partial charge >= 0.3 is 0 Å². The zero-order chi connectivity index (χ0) is 13.2. The lowest BCUT2D eigenvalue weighted by molar-refractivity contribution is 0.475. The molecule has 0 aliphatic carbocycles. The van der Waals surface area contributed by atoms with Crippen LogP contribution in [0, 0.1) is 0 Å². The van der Waals surface area contributed by atoms with E-state index in [0.29, 0.717) is 11.5 Å². The number of phenolic OH excluding ortho intramolecular Hbond substituents is 2. The average Bonchev–Trinajstić information content (AvgIpc) is 2.39. The first kappa shape index (κ1) is 12.7. The van der Waals surface area contributed by atoms with Crippen LogP contribution in [0.15, 0.2) is 48.5 Å². The van der Waals surface area contributed by atoms with Crippen molar-refractivity contribution in [2.45, 2.75) is 19.5 Å². The fourth-order valence-electron chi connectivity index (χ4n) is 2.23. The maximum atomic E-state index is 9.38. The van der Waals surface area contributed by atoms with Crippen molar-refractivity contribution in [3.63, 3.8) is 0 Å². The Bertz CT molecular complexity index is 472. The Kier molecular flexibility index (Phi) is 3.43. The van der Waals surface area contributed by atoms with Gasteiger partial charge in [0, 0.05) is 0 Å². The third-order valence-corrected chi connectivity index (χ3v) is 8.35. The zero-order valence-corrected chi connectivity index (χ0v) is 11.7. The Labute approximate surface area is 109 Å². The molecule has 0 saturated heterocycles. The van der Waals surface area contributed by atoms with E-state index in [4.69, 9.17) is 0 Å². The Morgan fingerprint density at radius 2 is 1.11 bits per heavy atom. The molecule has 2 rings (SSSR count). The summed E-state index contributed by atoms with van der Waals surface area (Å²) in [5, 5.41) is 21.4. The van der Waals surface area contributed by atoms with Crippen molar-refractivity contribution in [3.8, 4) is 11.5 Å². The Morgan fingerprint density at radius 1 is 0.778 bits per heavy atom. The minimum Gasteiger partial charge on any atom is -0.508 e. The minimum atomic E-state index is -1.74. The molecule has 0 unspecified atom stereocenters. The number of hydrogen-bond donors (Lipinski definition) is 2. The van der Waals surface area contributed by atoms with E-state index in [0.717, 1.165) is 6.04 Å². The van der Waals surface area contributed by atoms with Crippen molar-refractivity contribution in [3.05, 3.63) is 48.5 Å². The van der Waals surface area contributed by atoms with E-state index in [1.807, 2.05) is 24.3 Å². The number of hydrogen-bond acceptors (Lipinski definition) is 2. The van der Waals surface area contributed by atoms with E-state index in [-0.39, 0.29) is 0 Å². The summed E-state index contributed by atoms with van der Waals surface area (Å²) in [6.07, 6.45) is 0. The van der Waals surface area contributed by atoms with Gasteiger partial charge < -0.3 is 10.2 Å². The third kappa shape index (κ3) is 2.27. The molecule has 0 amide bonds. The van der Waals surface area contributed by atoms with E-state index in [2.05, 4.69) is 13.5 Å². The summed E-state index contributed by atoms with van der Waals surface area (Å²) in [4.78, 5) is 0. The molecule has 0 aliphatic heterocycles. The molecule has 2 nitrogen and oxygen atoms in total. The molecule has 0 bridgehead atoms. The standard InChI is InChI=1S/C15H18O2Si/c1-3-18(2,14-8-4-12(16)5-9-14)15-10-6-13(17)7-11-15/h4-11,16-17H,3H2,1-2H3. The van der Waals surface area contributed by atoms with Crippen LogP contribution in [-0.4, -0.2) is 18.3 Å². The fourth-order valence-corrected chi connectivity index (χ4v) is 5.19. The molecule has 2 aromatic rings. The van der Waals surface area contributed by atoms with Crippen LogP contribution in [0.3, 0.4) is 0 Å². The summed E-state index contributed by atoms with van der Waals surface area (Å²) >= 11 is 0. The summed E-state index contributed by atoms with van der Waals surface area (Å²) < 4.78 is 0. The molecule has 2 aromatic carbocycles. The van der Waals surface area contributed by atoms with Crippen LogP contribution in [0.5, 0.6) is 11.5 Å². The first-order valence-corrected chi connectivity index (χ1v) is 8.86. The molecule has 0 heterocycles. The van der Waals surface area contributed by atoms with E-state index in [1.165, 1.54) is 10.4 Å². The molecule has 0 saturated carbocycles. The van der Waals surface area contributed by atoms with Gasteiger partial charge in [0.1, 0.15) is 19.6 Å². The van der Waals surface area contributed by atoms with Gasteiger partial charge in [0.05, 0.1) is 0 Å². The summed E-state index contributed by atoms with van der Waals surface area (Å²) in [6.45, 7) is 4.51. The molecular weight excluding hydrogens is 240 g/mol. The first-order chi connectivity index (χ1) is 8.56. The van der Waals surface area contributed by atoms with Crippen LogP contribution in [0.25, 0.3) is 0 Å². The summed E-state index contributed by atoms with van der Waals surface area (Å²) in [6, 6.07) is 16.1. The molecule has 0 fully saturated rings. The average molecular weight is 258 g/mol. The molecule has 0 aliphatic rings. The van der Waals surface area contributed by atoms with Crippen molar-refractivity contribution in [1.29, 1.82) is 0 Å². The predicted octanol–water partition coefficient (Wildman–Crippen LogP) is 2.31. The number of benzene rings is 2. The maximum Gasteiger partial charge on any atom is 0.115 e. The lowest BCUT2D eigenvalue weighted by atomic mass is 10.3. The van der Waals surface area contributed by atoms with E-state index >= 15 is 0 Å². The van der Waals surface area contributed by atoms with Gasteiger partial charge in [-0.25, -0.2) is 0 Å². The Balaban J connectivity index is 2.47. The summed E-state index contributed by atoms with van der Waals surface area (Å²) in [7, 11) is -1.74. The van der Waals surface area contributed by atoms with E-state index in [1.54, 1.807) is 24.3 Å². The highest BCUT2D eigenvalue weighted by Gasteiger charge is 2.29. The molecule has 0 atom stereocenters. The Hall–Kier alpha value is -1.74. The lowest BCUT2D eigenvalue weighted by Gasteiger charge is -2.27. The highest BCUT2D eigenvalue weighted by Crippen LogP contribution is 2.15. The van der Waals surface area contributed by atoms with Gasteiger partial charge in [0.25, 0.3) is 0 Å². The highest BCUT2D eigenvalue weighted by molar-refractivity contribution is 7.01. The summed E-state index contributed by atoms with van der Waals surface area (Å²) in [5.41, 5.74) is 0. The largest absolute Gasteiger partial charge is 0.508 e. The molecular formula is C15H18O2Si. The maximum absolute atomic E-state index is 9.38. The Morgan fingerprint density at radius 3 is 1.39 bits per heavy atom. The van der Waals surface area contributed by atoms with Crippen LogP contribution in [0.1, 0.15) is 6.92 Å². The van der Waals surface area contributed by atoms with Gasteiger partial charge in [0.15, 0.2) is 0 Å². The zero-order valence-electron chi connectivity index (χ0n) is 10.7. The highest BCUT2D eigenvalue weighted by atomic mass is 28.3. The monoisotopic (exact) mass is 258 g/mol. The normalized spacial score (nSPS) is 11.4. The van der Waals surface area contributed by atoms with Gasteiger partial charge in [-0.2, -0.15) is 0 Å². The SMILES string of the molecule is CC[Si](C)(c1ccc(O)cc1)c1ccc(O)cc1. The van der Waals surface area contributed by atoms with Crippen LogP contribution >= 0.6 is 0 Å². The first-order valence-electron chi connectivity index (χ1n) is 6.15. The van der Waals surface area contributed by atoms with Crippen LogP contribution < -0.4 is 10.4 Å². The van der Waals surface area contributed by atoms with Crippen LogP contribution in [-0.2, 0) is 0 Å². The van der Waals surface area contributed by atoms with Gasteiger partial charge in [-0.3, -0.25) is 0 Å². The molecule has 0 aromatic heterocycles. The topological polar surface area (TPSA) is 40.5 Å². The van der Waals surface area contributed by atoms with Gasteiger partial charge in [0.2, 0.25) is 0 Å². The molecule has 0 spiro atoms. The number of aromatic hydroxyl groups is 2. The van der Waals surface area contributed by atoms with Gasteiger partial charge in [-0.1, -0.05) is 54.2 Å². The van der Waals surface area contributed by atoms with E-state index in [9.17, 15) is 10.2 Å². The van der Waals surface area contributed by atoms with Gasteiger partial charge in [-0.15, -0.1) is 0 Å². The number of phenols is 2. The molecule has 0 radical (unpaired) electrons. The van der Waals surface area contributed by atoms with Crippen LogP contribution in [0.2, 0.25) is 12.6 Å². The fraction of sp³-hybridized carbons (Fsp3) is 0.200. The molecule has 2 N–H and O–H groups in total. The van der Waals surface area contributed by atoms with Gasteiger partial charge in [-0.05, 0) is 24.3 Å². The van der Waals surface area contributed by atoms with Crippen molar-refractivity contribution in [2.24, 2.45) is 0 Å². The molecule has 3 heteroatoms. The van der Waals surface area contributed by atoms with E-state index < -0.39 is 8.07 Å². The number of rotatable bonds is 3. The second-order valence-electron chi connectivity index (χ2n) is 4.78. The van der Waals surface area contributed by atoms with Crippen molar-refractivity contribution in [1.82, 2.24) is 0 Å². The van der Waals surface area contributed by atoms with Crippen molar-refractivity contribution < 1.29 is 10.2 Å². The second-order valence-corrected chi connectivity index (χ2v) is 9.31. The quantitative estimate of drug-likeness (QED) is 0.829. The van der Waals surface area contributed by atoms with Crippen molar-refractivity contribution >= 4 is 18.4 Å². The summed E-state index contributed by atoms with van der Waals surface area (Å²) in [5.74, 6) is 0.605.